The summed E-state index contributed by atoms with van der Waals surface area (Å²) in [6.45, 7) is 1.48. The predicted octanol–water partition coefficient (Wildman–Crippen LogP) is 4.41. The number of aromatic nitrogens is 1. The van der Waals surface area contributed by atoms with Crippen molar-refractivity contribution in [1.29, 1.82) is 5.41 Å². The van der Waals surface area contributed by atoms with Crippen molar-refractivity contribution < 1.29 is 30.8 Å². The van der Waals surface area contributed by atoms with Gasteiger partial charge >= 0.3 is 6.18 Å². The van der Waals surface area contributed by atoms with E-state index in [1.807, 2.05) is 0 Å². The van der Waals surface area contributed by atoms with Crippen molar-refractivity contribution in [3.05, 3.63) is 59.2 Å². The van der Waals surface area contributed by atoms with Gasteiger partial charge in [0.2, 0.25) is 0 Å². The van der Waals surface area contributed by atoms with Gasteiger partial charge in [-0.1, -0.05) is 19.3 Å². The van der Waals surface area contributed by atoms with Gasteiger partial charge in [0.05, 0.1) is 16.9 Å². The minimum Gasteiger partial charge on any atom is -0.362 e. The maximum atomic E-state index is 14.9. The SMILES string of the molecule is C[C@@]1(c2cc(NC(=O)c3ccc(C(F)(F)F)cn3)ccc2F)CS(=O)(=O)C2(CCCCC2)C(=N)N1. The van der Waals surface area contributed by atoms with Crippen molar-refractivity contribution in [3.8, 4) is 0 Å². The van der Waals surface area contributed by atoms with E-state index in [9.17, 15) is 30.8 Å². The van der Waals surface area contributed by atoms with E-state index in [1.165, 1.54) is 19.1 Å². The zero-order valence-electron chi connectivity index (χ0n) is 18.8. The molecule has 2 fully saturated rings. The van der Waals surface area contributed by atoms with Crippen LogP contribution in [0.25, 0.3) is 0 Å². The third-order valence-corrected chi connectivity index (χ3v) is 9.49. The van der Waals surface area contributed by atoms with Crippen LogP contribution in [0.3, 0.4) is 0 Å². The summed E-state index contributed by atoms with van der Waals surface area (Å²) in [4.78, 5) is 16.0. The van der Waals surface area contributed by atoms with Crippen LogP contribution >= 0.6 is 0 Å². The maximum absolute atomic E-state index is 14.9. The van der Waals surface area contributed by atoms with Crippen molar-refractivity contribution in [2.75, 3.05) is 11.1 Å². The Balaban J connectivity index is 1.60. The lowest BCUT2D eigenvalue weighted by Crippen LogP contribution is -2.66. The fourth-order valence-electron chi connectivity index (χ4n) is 4.85. The monoisotopic (exact) mass is 512 g/mol. The van der Waals surface area contributed by atoms with Gasteiger partial charge in [-0.3, -0.25) is 15.2 Å². The Morgan fingerprint density at radius 2 is 1.83 bits per heavy atom. The predicted molar refractivity (Wildman–Crippen MR) is 121 cm³/mol. The summed E-state index contributed by atoms with van der Waals surface area (Å²) in [7, 11) is -3.81. The lowest BCUT2D eigenvalue weighted by atomic mass is 9.84. The lowest BCUT2D eigenvalue weighted by Gasteiger charge is -2.47. The minimum absolute atomic E-state index is 0.0605. The molecule has 1 aromatic carbocycles. The average molecular weight is 513 g/mol. The summed E-state index contributed by atoms with van der Waals surface area (Å²) in [6, 6.07) is 5.20. The van der Waals surface area contributed by atoms with Gasteiger partial charge in [-0.2, -0.15) is 13.2 Å². The number of nitrogens with zero attached hydrogens (tertiary/aromatic N) is 1. The van der Waals surface area contributed by atoms with E-state index in [4.69, 9.17) is 5.41 Å². The molecule has 1 spiro atoms. The number of alkyl halides is 3. The van der Waals surface area contributed by atoms with Crippen LogP contribution in [0.15, 0.2) is 36.5 Å². The molecule has 1 aliphatic heterocycles. The molecule has 2 aliphatic rings. The molecule has 4 rings (SSSR count). The van der Waals surface area contributed by atoms with E-state index in [0.29, 0.717) is 31.9 Å². The molecular formula is C23H24F4N4O3S. The Morgan fingerprint density at radius 3 is 2.40 bits per heavy atom. The zero-order chi connectivity index (χ0) is 25.6. The number of nitrogens with one attached hydrogen (secondary N) is 3. The third-order valence-electron chi connectivity index (χ3n) is 6.73. The summed E-state index contributed by atoms with van der Waals surface area (Å²) in [5.41, 5.74) is -2.72. The summed E-state index contributed by atoms with van der Waals surface area (Å²) in [5.74, 6) is -2.14. The van der Waals surface area contributed by atoms with Crippen LogP contribution in [-0.2, 0) is 21.6 Å². The maximum Gasteiger partial charge on any atom is 0.417 e. The first-order valence-electron chi connectivity index (χ1n) is 11.0. The number of carbonyl (C=O) groups is 1. The second kappa shape index (κ2) is 8.58. The first kappa shape index (κ1) is 25.1. The van der Waals surface area contributed by atoms with Crippen molar-refractivity contribution >= 4 is 27.3 Å². The number of carbonyl (C=O) groups excluding carboxylic acids is 1. The second-order valence-electron chi connectivity index (χ2n) is 9.22. The molecule has 188 valence electrons. The smallest absolute Gasteiger partial charge is 0.362 e. The number of benzene rings is 1. The van der Waals surface area contributed by atoms with Gasteiger partial charge in [-0.15, -0.1) is 0 Å². The van der Waals surface area contributed by atoms with Crippen molar-refractivity contribution in [2.24, 2.45) is 0 Å². The summed E-state index contributed by atoms with van der Waals surface area (Å²) >= 11 is 0. The highest BCUT2D eigenvalue weighted by atomic mass is 32.2. The van der Waals surface area contributed by atoms with Gasteiger partial charge in [-0.25, -0.2) is 12.8 Å². The largest absolute Gasteiger partial charge is 0.417 e. The summed E-state index contributed by atoms with van der Waals surface area (Å²) in [5, 5.41) is 13.9. The Hall–Kier alpha value is -3.02. The Labute approximate surface area is 199 Å². The third kappa shape index (κ3) is 4.51. The number of rotatable bonds is 3. The first-order chi connectivity index (χ1) is 16.3. The van der Waals surface area contributed by atoms with Crippen LogP contribution < -0.4 is 10.6 Å². The molecule has 0 unspecified atom stereocenters. The topological polar surface area (TPSA) is 112 Å². The molecule has 12 heteroatoms. The molecule has 3 N–H and O–H groups in total. The second-order valence-corrected chi connectivity index (χ2v) is 11.5. The molecule has 1 amide bonds. The van der Waals surface area contributed by atoms with Gasteiger partial charge in [0.15, 0.2) is 9.84 Å². The fraction of sp³-hybridized carbons (Fsp3) is 0.435. The van der Waals surface area contributed by atoms with E-state index < -0.39 is 49.3 Å². The molecule has 1 saturated carbocycles. The average Bonchev–Trinajstić information content (AvgIpc) is 2.79. The number of hydrogen-bond acceptors (Lipinski definition) is 5. The van der Waals surface area contributed by atoms with Crippen LogP contribution in [0, 0.1) is 11.2 Å². The Morgan fingerprint density at radius 1 is 1.14 bits per heavy atom. The van der Waals surface area contributed by atoms with E-state index in [2.05, 4.69) is 15.6 Å². The number of sulfone groups is 1. The molecule has 1 aliphatic carbocycles. The Bertz CT molecular complexity index is 1270. The van der Waals surface area contributed by atoms with Gasteiger partial charge in [0.1, 0.15) is 22.1 Å². The zero-order valence-corrected chi connectivity index (χ0v) is 19.6. The molecule has 1 aromatic heterocycles. The fourth-order valence-corrected chi connectivity index (χ4v) is 7.38. The van der Waals surface area contributed by atoms with Crippen molar-refractivity contribution in [2.45, 2.75) is 55.5 Å². The van der Waals surface area contributed by atoms with Crippen molar-refractivity contribution in [1.82, 2.24) is 10.3 Å². The molecule has 2 aromatic rings. The normalized spacial score (nSPS) is 23.5. The molecule has 7 nitrogen and oxygen atoms in total. The number of pyridine rings is 1. The first-order valence-corrected chi connectivity index (χ1v) is 12.7. The van der Waals surface area contributed by atoms with Gasteiger partial charge in [-0.05, 0) is 50.1 Å². The number of hydrogen-bond donors (Lipinski definition) is 3. The molecule has 35 heavy (non-hydrogen) atoms. The van der Waals surface area contributed by atoms with Crippen LogP contribution in [0.2, 0.25) is 0 Å². The van der Waals surface area contributed by atoms with E-state index in [-0.39, 0.29) is 22.8 Å². The van der Waals surface area contributed by atoms with Crippen LogP contribution in [-0.4, -0.2) is 35.6 Å². The standard InChI is InChI=1S/C23H24F4N4O3S/c1-21(13-35(33,34)22(20(28)31-21)9-3-2-4-10-22)16-11-15(6-7-17(16)24)30-19(32)18-8-5-14(12-29-18)23(25,26)27/h5-8,11-12H,2-4,9-10,13H2,1H3,(H2,28,31)(H,30,32)/t21-/m0/s1. The number of amides is 1. The van der Waals surface area contributed by atoms with E-state index in [0.717, 1.165) is 24.6 Å². The van der Waals surface area contributed by atoms with E-state index >= 15 is 0 Å². The minimum atomic E-state index is -4.60. The van der Waals surface area contributed by atoms with E-state index in [1.54, 1.807) is 0 Å². The highest BCUT2D eigenvalue weighted by molar-refractivity contribution is 7.93. The summed E-state index contributed by atoms with van der Waals surface area (Å²) < 4.78 is 78.5. The highest BCUT2D eigenvalue weighted by Crippen LogP contribution is 2.43. The molecular weight excluding hydrogens is 488 g/mol. The van der Waals surface area contributed by atoms with Crippen molar-refractivity contribution in [3.63, 3.8) is 0 Å². The molecule has 1 saturated heterocycles. The highest BCUT2D eigenvalue weighted by Gasteiger charge is 2.56. The van der Waals surface area contributed by atoms with Gasteiger partial charge in [0.25, 0.3) is 5.91 Å². The summed E-state index contributed by atoms with van der Waals surface area (Å²) in [6.07, 6.45) is -1.10. The molecule has 0 bridgehead atoms. The molecule has 0 radical (unpaired) electrons. The van der Waals surface area contributed by atoms with Crippen LogP contribution in [0.5, 0.6) is 0 Å². The van der Waals surface area contributed by atoms with Crippen LogP contribution in [0.1, 0.15) is 60.6 Å². The number of anilines is 1. The van der Waals surface area contributed by atoms with Gasteiger partial charge in [0, 0.05) is 17.4 Å². The molecule has 2 heterocycles. The number of amidine groups is 1. The van der Waals surface area contributed by atoms with Crippen LogP contribution in [0.4, 0.5) is 23.2 Å². The number of halogens is 4. The lowest BCUT2D eigenvalue weighted by molar-refractivity contribution is -0.137. The molecule has 1 atom stereocenters. The van der Waals surface area contributed by atoms with Gasteiger partial charge < -0.3 is 10.6 Å². The quantitative estimate of drug-likeness (QED) is 0.528. The Kier molecular flexibility index (Phi) is 6.15.